The van der Waals surface area contributed by atoms with Crippen LogP contribution in [-0.4, -0.2) is 53.0 Å². The minimum absolute atomic E-state index is 0.0170. The van der Waals surface area contributed by atoms with Crippen molar-refractivity contribution in [1.29, 1.82) is 0 Å². The molecule has 0 saturated carbocycles. The molecule has 1 fully saturated rings. The van der Waals surface area contributed by atoms with Gasteiger partial charge in [0.25, 0.3) is 5.91 Å². The van der Waals surface area contributed by atoms with E-state index in [0.29, 0.717) is 19.7 Å². The predicted octanol–water partition coefficient (Wildman–Crippen LogP) is 2.49. The smallest absolute Gasteiger partial charge is 0.257 e. The Balaban J connectivity index is 1.93. The molecular weight excluding hydrogens is 442 g/mol. The summed E-state index contributed by atoms with van der Waals surface area (Å²) in [6.07, 6.45) is 2.58. The van der Waals surface area contributed by atoms with E-state index < -0.39 is 26.0 Å². The van der Waals surface area contributed by atoms with E-state index in [1.807, 2.05) is 0 Å². The van der Waals surface area contributed by atoms with Gasteiger partial charge in [-0.3, -0.25) is 9.52 Å². The number of sulfonamides is 2. The molecule has 2 aromatic carbocycles. The molecule has 0 bridgehead atoms. The Morgan fingerprint density at radius 3 is 2.39 bits per heavy atom. The second-order valence-corrected chi connectivity index (χ2v) is 10.7. The average Bonchev–Trinajstić information content (AvgIpc) is 3.24. The summed E-state index contributed by atoms with van der Waals surface area (Å²) >= 11 is 0. The fourth-order valence-corrected chi connectivity index (χ4v) is 5.55. The molecule has 2 aromatic rings. The lowest BCUT2D eigenvalue weighted by atomic mass is 10.1. The first-order chi connectivity index (χ1) is 14.6. The van der Waals surface area contributed by atoms with Gasteiger partial charge in [-0.15, -0.1) is 0 Å². The molecule has 1 heterocycles. The van der Waals surface area contributed by atoms with Crippen LogP contribution < -0.4 is 14.8 Å². The highest BCUT2D eigenvalue weighted by molar-refractivity contribution is 7.92. The maximum Gasteiger partial charge on any atom is 0.257 e. The van der Waals surface area contributed by atoms with Gasteiger partial charge in [-0.1, -0.05) is 12.1 Å². The molecule has 0 radical (unpaired) electrons. The van der Waals surface area contributed by atoms with Crippen LogP contribution >= 0.6 is 0 Å². The van der Waals surface area contributed by atoms with Crippen LogP contribution in [0.3, 0.4) is 0 Å². The van der Waals surface area contributed by atoms with E-state index in [1.54, 1.807) is 25.1 Å². The van der Waals surface area contributed by atoms with Gasteiger partial charge in [-0.2, -0.15) is 4.31 Å². The fraction of sp³-hybridized carbons (Fsp3) is 0.350. The molecule has 0 atom stereocenters. The number of anilines is 2. The van der Waals surface area contributed by atoms with E-state index in [0.717, 1.165) is 19.1 Å². The van der Waals surface area contributed by atoms with Crippen LogP contribution in [-0.2, 0) is 20.0 Å². The molecule has 31 heavy (non-hydrogen) atoms. The number of rotatable bonds is 8. The Hall–Kier alpha value is -2.63. The maximum absolute atomic E-state index is 13.1. The zero-order valence-corrected chi connectivity index (χ0v) is 18.9. The van der Waals surface area contributed by atoms with Crippen LogP contribution in [0.5, 0.6) is 5.75 Å². The lowest BCUT2D eigenvalue weighted by molar-refractivity contribution is 0.102. The summed E-state index contributed by atoms with van der Waals surface area (Å²) < 4.78 is 58.6. The lowest BCUT2D eigenvalue weighted by Crippen LogP contribution is -2.28. The zero-order valence-electron chi connectivity index (χ0n) is 17.3. The van der Waals surface area contributed by atoms with Gasteiger partial charge >= 0.3 is 0 Å². The second kappa shape index (κ2) is 9.25. The average molecular weight is 468 g/mol. The summed E-state index contributed by atoms with van der Waals surface area (Å²) in [5.41, 5.74) is 0.476. The largest absolute Gasteiger partial charge is 0.492 e. The van der Waals surface area contributed by atoms with Crippen LogP contribution in [0.2, 0.25) is 0 Å². The highest BCUT2D eigenvalue weighted by atomic mass is 32.2. The predicted molar refractivity (Wildman–Crippen MR) is 118 cm³/mol. The van der Waals surface area contributed by atoms with Crippen molar-refractivity contribution in [3.8, 4) is 5.75 Å². The monoisotopic (exact) mass is 467 g/mol. The number of carbonyl (C=O) groups excluding carboxylic acids is 1. The third kappa shape index (κ3) is 5.54. The molecule has 9 nitrogen and oxygen atoms in total. The van der Waals surface area contributed by atoms with Crippen molar-refractivity contribution >= 4 is 37.3 Å². The van der Waals surface area contributed by atoms with Crippen LogP contribution in [0, 0.1) is 0 Å². The number of para-hydroxylation sites is 1. The number of carbonyl (C=O) groups is 1. The molecule has 1 aliphatic heterocycles. The number of amides is 1. The van der Waals surface area contributed by atoms with Gasteiger partial charge in [0, 0.05) is 18.8 Å². The molecule has 1 saturated heterocycles. The fourth-order valence-electron chi connectivity index (χ4n) is 3.30. The number of ether oxygens (including phenoxy) is 1. The first-order valence-corrected chi connectivity index (χ1v) is 13.1. The first kappa shape index (κ1) is 23.0. The standard InChI is InChI=1S/C20H25N3O6S2/c1-3-29-18-11-10-15(14-19(18)31(27,28)23-12-6-7-13-23)21-20(24)16-8-4-5-9-17(16)22-30(2,25)26/h4-5,8-11,14,22H,3,6-7,12-13H2,1-2H3,(H,21,24). The van der Waals surface area contributed by atoms with Crippen molar-refractivity contribution in [2.75, 3.05) is 36.0 Å². The summed E-state index contributed by atoms with van der Waals surface area (Å²) in [5.74, 6) is -0.369. The van der Waals surface area contributed by atoms with Crippen LogP contribution in [0.25, 0.3) is 0 Å². The number of hydrogen-bond acceptors (Lipinski definition) is 6. The quantitative estimate of drug-likeness (QED) is 0.615. The van der Waals surface area contributed by atoms with Crippen LogP contribution in [0.4, 0.5) is 11.4 Å². The molecule has 2 N–H and O–H groups in total. The summed E-state index contributed by atoms with van der Waals surface area (Å²) in [6.45, 7) is 2.93. The van der Waals surface area contributed by atoms with Gasteiger partial charge in [0.15, 0.2) is 0 Å². The molecule has 3 rings (SSSR count). The highest BCUT2D eigenvalue weighted by Gasteiger charge is 2.30. The van der Waals surface area contributed by atoms with Gasteiger partial charge in [-0.25, -0.2) is 16.8 Å². The van der Waals surface area contributed by atoms with E-state index >= 15 is 0 Å². The van der Waals surface area contributed by atoms with Crippen LogP contribution in [0.1, 0.15) is 30.1 Å². The number of nitrogens with one attached hydrogen (secondary N) is 2. The number of nitrogens with zero attached hydrogens (tertiary/aromatic N) is 1. The minimum Gasteiger partial charge on any atom is -0.492 e. The molecule has 11 heteroatoms. The van der Waals surface area contributed by atoms with Gasteiger partial charge in [0.2, 0.25) is 20.0 Å². The highest BCUT2D eigenvalue weighted by Crippen LogP contribution is 2.32. The molecule has 0 aromatic heterocycles. The van der Waals surface area contributed by atoms with Crippen molar-refractivity contribution in [1.82, 2.24) is 4.31 Å². The molecule has 0 spiro atoms. The van der Waals surface area contributed by atoms with E-state index in [2.05, 4.69) is 10.0 Å². The third-order valence-electron chi connectivity index (χ3n) is 4.65. The molecular formula is C20H25N3O6S2. The zero-order chi connectivity index (χ0) is 22.6. The van der Waals surface area contributed by atoms with E-state index in [1.165, 1.54) is 28.6 Å². The van der Waals surface area contributed by atoms with E-state index in [9.17, 15) is 21.6 Å². The van der Waals surface area contributed by atoms with Crippen molar-refractivity contribution in [3.63, 3.8) is 0 Å². The van der Waals surface area contributed by atoms with Crippen LogP contribution in [0.15, 0.2) is 47.4 Å². The molecule has 168 valence electrons. The topological polar surface area (TPSA) is 122 Å². The van der Waals surface area contributed by atoms with Crippen molar-refractivity contribution in [2.24, 2.45) is 0 Å². The Morgan fingerprint density at radius 2 is 1.74 bits per heavy atom. The molecule has 1 amide bonds. The minimum atomic E-state index is -3.78. The summed E-state index contributed by atoms with van der Waals surface area (Å²) in [5, 5.41) is 2.64. The Kier molecular flexibility index (Phi) is 6.87. The number of benzene rings is 2. The normalized spacial score (nSPS) is 14.9. The van der Waals surface area contributed by atoms with Crippen molar-refractivity contribution in [2.45, 2.75) is 24.7 Å². The Labute approximate surface area is 182 Å². The summed E-state index contributed by atoms with van der Waals surface area (Å²) in [6, 6.07) is 10.5. The van der Waals surface area contributed by atoms with Gasteiger partial charge in [0.1, 0.15) is 10.6 Å². The third-order valence-corrected chi connectivity index (χ3v) is 7.16. The first-order valence-electron chi connectivity index (χ1n) is 9.77. The van der Waals surface area contributed by atoms with Gasteiger partial charge in [-0.05, 0) is 50.1 Å². The lowest BCUT2D eigenvalue weighted by Gasteiger charge is -2.19. The number of hydrogen-bond donors (Lipinski definition) is 2. The van der Waals surface area contributed by atoms with E-state index in [-0.39, 0.29) is 27.6 Å². The van der Waals surface area contributed by atoms with Gasteiger partial charge < -0.3 is 10.1 Å². The SMILES string of the molecule is CCOc1ccc(NC(=O)c2ccccc2NS(C)(=O)=O)cc1S(=O)(=O)N1CCCC1. The Bertz CT molecular complexity index is 1170. The van der Waals surface area contributed by atoms with E-state index in [4.69, 9.17) is 4.74 Å². The summed E-state index contributed by atoms with van der Waals surface area (Å²) in [4.78, 5) is 12.8. The second-order valence-electron chi connectivity index (χ2n) is 7.08. The Morgan fingerprint density at radius 1 is 1.06 bits per heavy atom. The van der Waals surface area contributed by atoms with Gasteiger partial charge in [0.05, 0.1) is 24.1 Å². The summed E-state index contributed by atoms with van der Waals surface area (Å²) in [7, 11) is -7.37. The molecule has 0 aliphatic carbocycles. The maximum atomic E-state index is 13.1. The molecule has 1 aliphatic rings. The van der Waals surface area contributed by atoms with Crippen molar-refractivity contribution < 1.29 is 26.4 Å². The molecule has 0 unspecified atom stereocenters. The van der Waals surface area contributed by atoms with Crippen molar-refractivity contribution in [3.05, 3.63) is 48.0 Å².